The summed E-state index contributed by atoms with van der Waals surface area (Å²) in [5.41, 5.74) is 6.51. The third kappa shape index (κ3) is 1.78. The predicted molar refractivity (Wildman–Crippen MR) is 67.0 cm³/mol. The first-order valence-electron chi connectivity index (χ1n) is 5.14. The van der Waals surface area contributed by atoms with E-state index in [2.05, 4.69) is 4.98 Å². The highest BCUT2D eigenvalue weighted by atomic mass is 16.5. The average Bonchev–Trinajstić information content (AvgIpc) is 2.79. The summed E-state index contributed by atoms with van der Waals surface area (Å²) in [5, 5.41) is 16.1. The Kier molecular flexibility index (Phi) is 2.98. The maximum Gasteiger partial charge on any atom is 0.161 e. The number of nitrogens with two attached hydrogens (primary N) is 1. The Morgan fingerprint density at radius 1 is 1.50 bits per heavy atom. The van der Waals surface area contributed by atoms with Crippen molar-refractivity contribution in [2.24, 2.45) is 0 Å². The van der Waals surface area contributed by atoms with Crippen LogP contribution in [-0.4, -0.2) is 22.4 Å². The highest BCUT2D eigenvalue weighted by Crippen LogP contribution is 2.25. The smallest absolute Gasteiger partial charge is 0.161 e. The van der Waals surface area contributed by atoms with Gasteiger partial charge in [-0.3, -0.25) is 9.98 Å². The molecule has 0 unspecified atom stereocenters. The minimum atomic E-state index is -0.263. The lowest BCUT2D eigenvalue weighted by molar-refractivity contribution is 0.413. The molecule has 0 aliphatic heterocycles. The minimum absolute atomic E-state index is 0.170. The molecule has 0 fully saturated rings. The van der Waals surface area contributed by atoms with E-state index in [4.69, 9.17) is 21.1 Å². The van der Waals surface area contributed by atoms with Crippen molar-refractivity contribution in [2.45, 2.75) is 0 Å². The number of methoxy groups -OCH3 is 1. The van der Waals surface area contributed by atoms with Crippen molar-refractivity contribution in [1.29, 1.82) is 10.7 Å². The van der Waals surface area contributed by atoms with Crippen LogP contribution in [0, 0.1) is 16.7 Å². The first kappa shape index (κ1) is 11.7. The van der Waals surface area contributed by atoms with Crippen molar-refractivity contribution in [3.63, 3.8) is 0 Å². The zero-order valence-corrected chi connectivity index (χ0v) is 9.71. The van der Waals surface area contributed by atoms with Gasteiger partial charge < -0.3 is 10.5 Å². The summed E-state index contributed by atoms with van der Waals surface area (Å²) in [6, 6.07) is 9.00. The minimum Gasteiger partial charge on any atom is -0.495 e. The number of nitrogens with zero attached hydrogens (tertiary/aromatic N) is 3. The van der Waals surface area contributed by atoms with Crippen LogP contribution in [0.2, 0.25) is 0 Å². The molecule has 1 aromatic carbocycles. The van der Waals surface area contributed by atoms with Crippen LogP contribution in [0.5, 0.6) is 5.75 Å². The molecule has 6 nitrogen and oxygen atoms in total. The van der Waals surface area contributed by atoms with E-state index >= 15 is 0 Å². The monoisotopic (exact) mass is 241 g/mol. The van der Waals surface area contributed by atoms with E-state index in [-0.39, 0.29) is 17.2 Å². The SMILES string of the molecule is COc1ccccc1-n1cnc(C(=N)C#N)c1N. The molecule has 2 rings (SSSR count). The fraction of sp³-hybridized carbons (Fsp3) is 0.0833. The lowest BCUT2D eigenvalue weighted by Crippen LogP contribution is -2.05. The standard InChI is InChI=1S/C12H11N5O/c1-18-10-5-3-2-4-9(10)17-7-16-11(12(17)15)8(14)6-13/h2-5,7,14H,15H2,1H3. The Balaban J connectivity index is 2.56. The van der Waals surface area contributed by atoms with Gasteiger partial charge in [0.1, 0.15) is 29.7 Å². The molecule has 0 bridgehead atoms. The van der Waals surface area contributed by atoms with Gasteiger partial charge in [-0.2, -0.15) is 5.26 Å². The summed E-state index contributed by atoms with van der Waals surface area (Å²) in [7, 11) is 1.56. The number of anilines is 1. The van der Waals surface area contributed by atoms with Crippen LogP contribution in [0.15, 0.2) is 30.6 Å². The van der Waals surface area contributed by atoms with E-state index in [0.717, 1.165) is 0 Å². The number of imidazole rings is 1. The second-order valence-electron chi connectivity index (χ2n) is 3.51. The van der Waals surface area contributed by atoms with Crippen molar-refractivity contribution in [2.75, 3.05) is 12.8 Å². The molecule has 0 saturated heterocycles. The van der Waals surface area contributed by atoms with Crippen LogP contribution < -0.4 is 10.5 Å². The molecule has 0 atom stereocenters. The van der Waals surface area contributed by atoms with Crippen molar-refractivity contribution in [3.8, 4) is 17.5 Å². The molecule has 2 aromatic rings. The van der Waals surface area contributed by atoms with Crippen LogP contribution >= 0.6 is 0 Å². The van der Waals surface area contributed by atoms with E-state index in [0.29, 0.717) is 11.4 Å². The second kappa shape index (κ2) is 4.59. The molecule has 0 amide bonds. The number of hydrogen-bond acceptors (Lipinski definition) is 5. The van der Waals surface area contributed by atoms with Crippen LogP contribution in [0.3, 0.4) is 0 Å². The van der Waals surface area contributed by atoms with Crippen LogP contribution in [0.1, 0.15) is 5.69 Å². The Labute approximate surface area is 104 Å². The number of nitriles is 1. The topological polar surface area (TPSA) is 101 Å². The molecule has 0 radical (unpaired) electrons. The van der Waals surface area contributed by atoms with Gasteiger partial charge in [0.05, 0.1) is 12.8 Å². The number of nitrogens with one attached hydrogen (secondary N) is 1. The summed E-state index contributed by atoms with van der Waals surface area (Å²) >= 11 is 0. The van der Waals surface area contributed by atoms with Gasteiger partial charge in [0.25, 0.3) is 0 Å². The van der Waals surface area contributed by atoms with Gasteiger partial charge in [0.2, 0.25) is 0 Å². The Hall–Kier alpha value is -2.81. The second-order valence-corrected chi connectivity index (χ2v) is 3.51. The largest absolute Gasteiger partial charge is 0.495 e. The molecule has 18 heavy (non-hydrogen) atoms. The zero-order valence-electron chi connectivity index (χ0n) is 9.71. The number of benzene rings is 1. The molecule has 0 saturated carbocycles. The number of para-hydroxylation sites is 2. The fourth-order valence-corrected chi connectivity index (χ4v) is 1.62. The Bertz CT molecular complexity index is 638. The summed E-state index contributed by atoms with van der Waals surface area (Å²) in [5.74, 6) is 0.877. The van der Waals surface area contributed by atoms with Crippen molar-refractivity contribution in [1.82, 2.24) is 9.55 Å². The van der Waals surface area contributed by atoms with E-state index in [1.807, 2.05) is 18.2 Å². The van der Waals surface area contributed by atoms with Gasteiger partial charge in [0.15, 0.2) is 5.71 Å². The number of aromatic nitrogens is 2. The maximum atomic E-state index is 8.69. The van der Waals surface area contributed by atoms with E-state index in [1.54, 1.807) is 23.8 Å². The molecule has 90 valence electrons. The van der Waals surface area contributed by atoms with Crippen molar-refractivity contribution < 1.29 is 4.74 Å². The summed E-state index contributed by atoms with van der Waals surface area (Å²) in [6.07, 6.45) is 1.47. The van der Waals surface area contributed by atoms with Crippen LogP contribution in [-0.2, 0) is 0 Å². The Morgan fingerprint density at radius 3 is 2.89 bits per heavy atom. The molecule has 3 N–H and O–H groups in total. The third-order valence-electron chi connectivity index (χ3n) is 2.50. The molecule has 1 aromatic heterocycles. The van der Waals surface area contributed by atoms with Crippen molar-refractivity contribution in [3.05, 3.63) is 36.3 Å². The van der Waals surface area contributed by atoms with E-state index in [9.17, 15) is 0 Å². The predicted octanol–water partition coefficient (Wildman–Crippen LogP) is 1.35. The fourth-order valence-electron chi connectivity index (χ4n) is 1.62. The average molecular weight is 241 g/mol. The maximum absolute atomic E-state index is 8.69. The van der Waals surface area contributed by atoms with E-state index in [1.165, 1.54) is 6.33 Å². The van der Waals surface area contributed by atoms with Crippen molar-refractivity contribution >= 4 is 11.5 Å². The van der Waals surface area contributed by atoms with Gasteiger partial charge in [-0.05, 0) is 12.1 Å². The van der Waals surface area contributed by atoms with E-state index < -0.39 is 0 Å². The molecule has 1 heterocycles. The van der Waals surface area contributed by atoms with Crippen LogP contribution in [0.25, 0.3) is 5.69 Å². The normalized spacial score (nSPS) is 9.78. The summed E-state index contributed by atoms with van der Waals surface area (Å²) in [4.78, 5) is 3.97. The lowest BCUT2D eigenvalue weighted by Gasteiger charge is -2.10. The first-order chi connectivity index (χ1) is 8.69. The zero-order chi connectivity index (χ0) is 13.1. The molecule has 0 aliphatic carbocycles. The van der Waals surface area contributed by atoms with Gasteiger partial charge in [-0.15, -0.1) is 0 Å². The number of ether oxygens (including phenoxy) is 1. The molecule has 6 heteroatoms. The Morgan fingerprint density at radius 2 is 2.22 bits per heavy atom. The van der Waals surface area contributed by atoms with Gasteiger partial charge in [0, 0.05) is 0 Å². The number of hydrogen-bond donors (Lipinski definition) is 2. The number of rotatable bonds is 3. The van der Waals surface area contributed by atoms with Gasteiger partial charge in [-0.25, -0.2) is 4.98 Å². The quantitative estimate of drug-likeness (QED) is 0.792. The highest BCUT2D eigenvalue weighted by Gasteiger charge is 2.15. The highest BCUT2D eigenvalue weighted by molar-refractivity contribution is 6.10. The van der Waals surface area contributed by atoms with Crippen LogP contribution in [0.4, 0.5) is 5.82 Å². The molecule has 0 aliphatic rings. The third-order valence-corrected chi connectivity index (χ3v) is 2.50. The molecular weight excluding hydrogens is 230 g/mol. The summed E-state index contributed by atoms with van der Waals surface area (Å²) in [6.45, 7) is 0. The summed E-state index contributed by atoms with van der Waals surface area (Å²) < 4.78 is 6.81. The molecule has 0 spiro atoms. The lowest BCUT2D eigenvalue weighted by atomic mass is 10.2. The number of nitrogen functional groups attached to an aromatic ring is 1. The first-order valence-corrected chi connectivity index (χ1v) is 5.14. The van der Waals surface area contributed by atoms with Gasteiger partial charge >= 0.3 is 0 Å². The van der Waals surface area contributed by atoms with Gasteiger partial charge in [-0.1, -0.05) is 12.1 Å². The molecular formula is C12H11N5O.